The van der Waals surface area contributed by atoms with E-state index in [1.165, 1.54) is 12.1 Å². The van der Waals surface area contributed by atoms with E-state index in [0.29, 0.717) is 18.2 Å². The van der Waals surface area contributed by atoms with Crippen LogP contribution in [0.4, 0.5) is 4.39 Å². The molecule has 2 atom stereocenters. The first-order valence-electron chi connectivity index (χ1n) is 6.71. The number of hydrogen-bond donors (Lipinski definition) is 3. The zero-order valence-electron chi connectivity index (χ0n) is 11.5. The third-order valence-corrected chi connectivity index (χ3v) is 3.44. The molecule has 1 saturated heterocycles. The van der Waals surface area contributed by atoms with Crippen LogP contribution in [0.2, 0.25) is 0 Å². The van der Waals surface area contributed by atoms with E-state index in [-0.39, 0.29) is 11.9 Å². The van der Waals surface area contributed by atoms with Crippen molar-refractivity contribution in [1.82, 2.24) is 5.32 Å². The van der Waals surface area contributed by atoms with Gasteiger partial charge in [-0.05, 0) is 43.5 Å². The van der Waals surface area contributed by atoms with Crippen LogP contribution in [-0.2, 0) is 11.3 Å². The summed E-state index contributed by atoms with van der Waals surface area (Å²) in [5, 5.41) is 14.9. The van der Waals surface area contributed by atoms with Gasteiger partial charge in [-0.1, -0.05) is 5.16 Å². The molecule has 2 rings (SSSR count). The highest BCUT2D eigenvalue weighted by atomic mass is 19.1. The second-order valence-electron chi connectivity index (χ2n) is 5.12. The second-order valence-corrected chi connectivity index (χ2v) is 5.12. The largest absolute Gasteiger partial charge is 0.409 e. The second kappa shape index (κ2) is 6.67. The van der Waals surface area contributed by atoms with E-state index < -0.39 is 5.82 Å². The Bertz CT molecular complexity index is 493. The van der Waals surface area contributed by atoms with E-state index in [4.69, 9.17) is 15.7 Å². The first-order valence-corrected chi connectivity index (χ1v) is 6.71. The molecule has 0 spiro atoms. The smallest absolute Gasteiger partial charge is 0.170 e. The number of nitrogens with one attached hydrogen (secondary N) is 1. The van der Waals surface area contributed by atoms with Gasteiger partial charge in [-0.3, -0.25) is 0 Å². The van der Waals surface area contributed by atoms with Crippen molar-refractivity contribution >= 4 is 5.84 Å². The minimum absolute atomic E-state index is 0.0922. The van der Waals surface area contributed by atoms with E-state index in [1.54, 1.807) is 6.07 Å². The average Bonchev–Trinajstić information content (AvgIpc) is 2.44. The van der Waals surface area contributed by atoms with Crippen LogP contribution in [-0.4, -0.2) is 29.8 Å². The molecule has 20 heavy (non-hydrogen) atoms. The van der Waals surface area contributed by atoms with E-state index in [0.717, 1.165) is 25.0 Å². The van der Waals surface area contributed by atoms with Gasteiger partial charge in [0.1, 0.15) is 5.82 Å². The summed E-state index contributed by atoms with van der Waals surface area (Å²) in [5.41, 5.74) is 6.63. The van der Waals surface area contributed by atoms with Crippen molar-refractivity contribution < 1.29 is 14.3 Å². The average molecular weight is 281 g/mol. The van der Waals surface area contributed by atoms with Gasteiger partial charge in [0, 0.05) is 24.8 Å². The zero-order valence-corrected chi connectivity index (χ0v) is 11.5. The Balaban J connectivity index is 2.00. The van der Waals surface area contributed by atoms with Gasteiger partial charge < -0.3 is 21.0 Å². The summed E-state index contributed by atoms with van der Waals surface area (Å²) in [6.45, 7) is 3.34. The zero-order chi connectivity index (χ0) is 14.5. The van der Waals surface area contributed by atoms with Gasteiger partial charge in [-0.25, -0.2) is 4.39 Å². The quantitative estimate of drug-likeness (QED) is 0.339. The number of amidine groups is 1. The fourth-order valence-electron chi connectivity index (χ4n) is 2.40. The molecular formula is C14H20FN3O2. The number of rotatable bonds is 4. The molecule has 1 aliphatic heterocycles. The van der Waals surface area contributed by atoms with Crippen molar-refractivity contribution in [2.24, 2.45) is 10.9 Å². The first kappa shape index (κ1) is 14.7. The van der Waals surface area contributed by atoms with Crippen LogP contribution in [0.3, 0.4) is 0 Å². The van der Waals surface area contributed by atoms with Crippen molar-refractivity contribution in [3.8, 4) is 0 Å². The lowest BCUT2D eigenvalue weighted by Crippen LogP contribution is -2.37. The fourth-order valence-corrected chi connectivity index (χ4v) is 2.40. The number of hydrogen-bond acceptors (Lipinski definition) is 4. The van der Waals surface area contributed by atoms with E-state index >= 15 is 0 Å². The number of halogens is 1. The Kier molecular flexibility index (Phi) is 4.92. The predicted molar refractivity (Wildman–Crippen MR) is 74.2 cm³/mol. The number of ether oxygens (including phenoxy) is 1. The molecule has 6 heteroatoms. The van der Waals surface area contributed by atoms with Crippen LogP contribution in [0.25, 0.3) is 0 Å². The molecule has 1 aromatic rings. The summed E-state index contributed by atoms with van der Waals surface area (Å²) in [5.74, 6) is -0.489. The van der Waals surface area contributed by atoms with Gasteiger partial charge in [-0.2, -0.15) is 0 Å². The summed E-state index contributed by atoms with van der Waals surface area (Å²) in [7, 11) is 0. The summed E-state index contributed by atoms with van der Waals surface area (Å²) in [6, 6.07) is 4.78. The summed E-state index contributed by atoms with van der Waals surface area (Å²) < 4.78 is 19.0. The molecule has 0 aliphatic carbocycles. The SMILES string of the molecule is CC1CC(NCc2cc(F)cc(/C(N)=N/O)c2)CCO1. The summed E-state index contributed by atoms with van der Waals surface area (Å²) in [4.78, 5) is 0. The monoisotopic (exact) mass is 281 g/mol. The molecule has 2 unspecified atom stereocenters. The lowest BCUT2D eigenvalue weighted by Gasteiger charge is -2.28. The van der Waals surface area contributed by atoms with Gasteiger partial charge in [0.25, 0.3) is 0 Å². The molecule has 0 bridgehead atoms. The molecule has 0 saturated carbocycles. The van der Waals surface area contributed by atoms with Gasteiger partial charge in [-0.15, -0.1) is 0 Å². The molecular weight excluding hydrogens is 261 g/mol. The third kappa shape index (κ3) is 3.91. The maximum Gasteiger partial charge on any atom is 0.170 e. The van der Waals surface area contributed by atoms with Crippen molar-refractivity contribution in [3.05, 3.63) is 35.1 Å². The molecule has 110 valence electrons. The highest BCUT2D eigenvalue weighted by molar-refractivity contribution is 5.97. The predicted octanol–water partition coefficient (Wildman–Crippen LogP) is 1.58. The van der Waals surface area contributed by atoms with E-state index in [2.05, 4.69) is 10.5 Å². The molecule has 0 radical (unpaired) electrons. The van der Waals surface area contributed by atoms with Crippen molar-refractivity contribution in [2.75, 3.05) is 6.61 Å². The third-order valence-electron chi connectivity index (χ3n) is 3.44. The lowest BCUT2D eigenvalue weighted by atomic mass is 10.0. The maximum absolute atomic E-state index is 13.5. The minimum atomic E-state index is -0.397. The van der Waals surface area contributed by atoms with E-state index in [1.807, 2.05) is 6.92 Å². The minimum Gasteiger partial charge on any atom is -0.409 e. The number of oxime groups is 1. The van der Waals surface area contributed by atoms with E-state index in [9.17, 15) is 4.39 Å². The maximum atomic E-state index is 13.5. The Labute approximate surface area is 117 Å². The number of nitrogens with two attached hydrogens (primary N) is 1. The molecule has 5 nitrogen and oxygen atoms in total. The molecule has 0 amide bonds. The van der Waals surface area contributed by atoms with Crippen LogP contribution in [0.5, 0.6) is 0 Å². The van der Waals surface area contributed by atoms with Crippen molar-refractivity contribution in [2.45, 2.75) is 38.5 Å². The van der Waals surface area contributed by atoms with Crippen LogP contribution >= 0.6 is 0 Å². The Morgan fingerprint density at radius 1 is 1.55 bits per heavy atom. The highest BCUT2D eigenvalue weighted by Crippen LogP contribution is 2.15. The first-order chi connectivity index (χ1) is 9.58. The van der Waals surface area contributed by atoms with Gasteiger partial charge in [0.15, 0.2) is 5.84 Å². The standard InChI is InChI=1S/C14H20FN3O2/c1-9-4-13(2-3-20-9)17-8-10-5-11(14(16)18-19)7-12(15)6-10/h5-7,9,13,17,19H,2-4,8H2,1H3,(H2,16,18). The molecule has 1 heterocycles. The number of nitrogens with zero attached hydrogens (tertiary/aromatic N) is 1. The normalized spacial score (nSPS) is 23.8. The fraction of sp³-hybridized carbons (Fsp3) is 0.500. The molecule has 1 aromatic carbocycles. The van der Waals surface area contributed by atoms with Crippen LogP contribution in [0.1, 0.15) is 30.9 Å². The molecule has 4 N–H and O–H groups in total. The van der Waals surface area contributed by atoms with Crippen molar-refractivity contribution in [1.29, 1.82) is 0 Å². The van der Waals surface area contributed by atoms with Crippen LogP contribution in [0.15, 0.2) is 23.4 Å². The highest BCUT2D eigenvalue weighted by Gasteiger charge is 2.18. The molecule has 1 aliphatic rings. The summed E-state index contributed by atoms with van der Waals surface area (Å²) in [6.07, 6.45) is 2.15. The van der Waals surface area contributed by atoms with Gasteiger partial charge >= 0.3 is 0 Å². The van der Waals surface area contributed by atoms with Crippen LogP contribution < -0.4 is 11.1 Å². The van der Waals surface area contributed by atoms with Crippen LogP contribution in [0, 0.1) is 5.82 Å². The van der Waals surface area contributed by atoms with Gasteiger partial charge in [0.05, 0.1) is 6.10 Å². The Morgan fingerprint density at radius 3 is 3.05 bits per heavy atom. The Hall–Kier alpha value is -1.66. The Morgan fingerprint density at radius 2 is 2.35 bits per heavy atom. The van der Waals surface area contributed by atoms with Crippen molar-refractivity contribution in [3.63, 3.8) is 0 Å². The number of benzene rings is 1. The molecule has 0 aromatic heterocycles. The molecule has 1 fully saturated rings. The lowest BCUT2D eigenvalue weighted by molar-refractivity contribution is 0.0130. The van der Waals surface area contributed by atoms with Gasteiger partial charge in [0.2, 0.25) is 0 Å². The summed E-state index contributed by atoms with van der Waals surface area (Å²) >= 11 is 0. The topological polar surface area (TPSA) is 79.9 Å².